The Morgan fingerprint density at radius 2 is 2.00 bits per heavy atom. The van der Waals surface area contributed by atoms with Crippen molar-refractivity contribution >= 4 is 11.6 Å². The van der Waals surface area contributed by atoms with Crippen LogP contribution in [-0.2, 0) is 4.79 Å². The molecule has 0 aliphatic carbocycles. The lowest BCUT2D eigenvalue weighted by Gasteiger charge is -2.12. The van der Waals surface area contributed by atoms with E-state index < -0.39 is 5.82 Å². The summed E-state index contributed by atoms with van der Waals surface area (Å²) in [5, 5.41) is 2.55. The number of nitrogens with zero attached hydrogens (tertiary/aromatic N) is 1. The Morgan fingerprint density at radius 3 is 2.67 bits per heavy atom. The van der Waals surface area contributed by atoms with E-state index in [0.717, 1.165) is 11.8 Å². The van der Waals surface area contributed by atoms with Crippen molar-refractivity contribution in [2.75, 3.05) is 5.32 Å². The normalized spacial score (nSPS) is 11.9. The molecule has 1 aromatic heterocycles. The van der Waals surface area contributed by atoms with Crippen molar-refractivity contribution in [3.63, 3.8) is 0 Å². The molecule has 2 rings (SSSR count). The first-order chi connectivity index (χ1) is 8.68. The lowest BCUT2D eigenvalue weighted by atomic mass is 10.0. The van der Waals surface area contributed by atoms with Gasteiger partial charge in [-0.2, -0.15) is 0 Å². The topological polar surface area (TPSA) is 42.0 Å². The van der Waals surface area contributed by atoms with Crippen molar-refractivity contribution in [3.05, 3.63) is 60.2 Å². The molecule has 3 nitrogen and oxygen atoms in total. The van der Waals surface area contributed by atoms with E-state index in [9.17, 15) is 9.18 Å². The second-order valence-corrected chi connectivity index (χ2v) is 3.98. The van der Waals surface area contributed by atoms with E-state index in [0.29, 0.717) is 0 Å². The average molecular weight is 244 g/mol. The molecular weight excluding hydrogens is 231 g/mol. The van der Waals surface area contributed by atoms with E-state index in [-0.39, 0.29) is 17.5 Å². The molecule has 0 unspecified atom stereocenters. The van der Waals surface area contributed by atoms with Crippen LogP contribution >= 0.6 is 0 Å². The summed E-state index contributed by atoms with van der Waals surface area (Å²) in [6, 6.07) is 10.8. The van der Waals surface area contributed by atoms with Gasteiger partial charge >= 0.3 is 0 Å². The largest absolute Gasteiger partial charge is 0.323 e. The number of carbonyl (C=O) groups excluding carboxylic acids is 1. The number of hydrogen-bond donors (Lipinski definition) is 1. The maximum atomic E-state index is 13.3. The fourth-order valence-electron chi connectivity index (χ4n) is 1.61. The number of nitrogens with one attached hydrogen (secondary N) is 1. The van der Waals surface area contributed by atoms with Crippen molar-refractivity contribution < 1.29 is 9.18 Å². The van der Waals surface area contributed by atoms with E-state index >= 15 is 0 Å². The molecular formula is C14H13FN2O. The van der Waals surface area contributed by atoms with E-state index in [1.807, 2.05) is 30.3 Å². The summed E-state index contributed by atoms with van der Waals surface area (Å²) in [6.45, 7) is 1.78. The number of hydrogen-bond acceptors (Lipinski definition) is 2. The number of amides is 1. The van der Waals surface area contributed by atoms with Crippen molar-refractivity contribution in [2.45, 2.75) is 12.8 Å². The quantitative estimate of drug-likeness (QED) is 0.901. The number of carbonyl (C=O) groups is 1. The van der Waals surface area contributed by atoms with Crippen LogP contribution in [0.5, 0.6) is 0 Å². The highest BCUT2D eigenvalue weighted by Gasteiger charge is 2.16. The Kier molecular flexibility index (Phi) is 3.67. The summed E-state index contributed by atoms with van der Waals surface area (Å²) in [4.78, 5) is 15.6. The molecule has 0 spiro atoms. The van der Waals surface area contributed by atoms with Gasteiger partial charge in [-0.1, -0.05) is 30.3 Å². The van der Waals surface area contributed by atoms with Crippen molar-refractivity contribution in [2.24, 2.45) is 0 Å². The zero-order valence-corrected chi connectivity index (χ0v) is 9.93. The van der Waals surface area contributed by atoms with Gasteiger partial charge in [0.05, 0.1) is 17.8 Å². The molecule has 18 heavy (non-hydrogen) atoms. The summed E-state index contributed by atoms with van der Waals surface area (Å²) < 4.78 is 13.3. The molecule has 2 aromatic rings. The molecule has 1 aromatic carbocycles. The monoisotopic (exact) mass is 244 g/mol. The molecule has 0 radical (unpaired) electrons. The van der Waals surface area contributed by atoms with Crippen LogP contribution < -0.4 is 5.32 Å². The molecule has 0 aliphatic rings. The molecule has 1 N–H and O–H groups in total. The first-order valence-corrected chi connectivity index (χ1v) is 5.64. The second-order valence-electron chi connectivity index (χ2n) is 3.98. The third-order valence-corrected chi connectivity index (χ3v) is 2.72. The minimum Gasteiger partial charge on any atom is -0.323 e. The molecule has 92 valence electrons. The molecule has 0 aliphatic heterocycles. The van der Waals surface area contributed by atoms with Gasteiger partial charge in [0.25, 0.3) is 0 Å². The van der Waals surface area contributed by atoms with Crippen LogP contribution in [0, 0.1) is 5.82 Å². The highest BCUT2D eigenvalue weighted by atomic mass is 19.1. The van der Waals surface area contributed by atoms with Crippen LogP contribution in [0.15, 0.2) is 48.8 Å². The Bertz CT molecular complexity index is 543. The zero-order valence-electron chi connectivity index (χ0n) is 9.93. The van der Waals surface area contributed by atoms with E-state index in [1.165, 1.54) is 12.3 Å². The Balaban J connectivity index is 2.12. The minimum absolute atomic E-state index is 0.151. The van der Waals surface area contributed by atoms with Gasteiger partial charge in [-0.05, 0) is 18.6 Å². The minimum atomic E-state index is -0.536. The molecule has 1 atom stereocenters. The summed E-state index contributed by atoms with van der Waals surface area (Å²) in [7, 11) is 0. The van der Waals surface area contributed by atoms with Crippen LogP contribution in [0.1, 0.15) is 18.4 Å². The number of pyridine rings is 1. The van der Waals surface area contributed by atoms with Gasteiger partial charge in [0, 0.05) is 6.20 Å². The van der Waals surface area contributed by atoms with Gasteiger partial charge in [-0.3, -0.25) is 9.78 Å². The maximum Gasteiger partial charge on any atom is 0.231 e. The van der Waals surface area contributed by atoms with Crippen LogP contribution in [0.3, 0.4) is 0 Å². The summed E-state index contributed by atoms with van der Waals surface area (Å²) in [6.07, 6.45) is 2.51. The third kappa shape index (κ3) is 2.71. The van der Waals surface area contributed by atoms with Crippen LogP contribution in [-0.4, -0.2) is 10.9 Å². The SMILES string of the molecule is C[C@@H](C(=O)Nc1ccncc1F)c1ccccc1. The Morgan fingerprint density at radius 1 is 1.28 bits per heavy atom. The fraction of sp³-hybridized carbons (Fsp3) is 0.143. The fourth-order valence-corrected chi connectivity index (χ4v) is 1.61. The van der Waals surface area contributed by atoms with E-state index in [4.69, 9.17) is 0 Å². The highest BCUT2D eigenvalue weighted by molar-refractivity contribution is 5.95. The van der Waals surface area contributed by atoms with Gasteiger partial charge in [0.1, 0.15) is 0 Å². The smallest absolute Gasteiger partial charge is 0.231 e. The second kappa shape index (κ2) is 5.40. The zero-order chi connectivity index (χ0) is 13.0. The molecule has 0 bridgehead atoms. The van der Waals surface area contributed by atoms with E-state index in [1.54, 1.807) is 6.92 Å². The molecule has 0 saturated carbocycles. The van der Waals surface area contributed by atoms with E-state index in [2.05, 4.69) is 10.3 Å². The highest BCUT2D eigenvalue weighted by Crippen LogP contribution is 2.18. The summed E-state index contributed by atoms with van der Waals surface area (Å²) >= 11 is 0. The Hall–Kier alpha value is -2.23. The van der Waals surface area contributed by atoms with Crippen molar-refractivity contribution in [3.8, 4) is 0 Å². The van der Waals surface area contributed by atoms with Gasteiger partial charge in [-0.15, -0.1) is 0 Å². The predicted octanol–water partition coefficient (Wildman–Crippen LogP) is 2.96. The number of halogens is 1. The molecule has 1 heterocycles. The number of benzene rings is 1. The lowest BCUT2D eigenvalue weighted by Crippen LogP contribution is -2.19. The Labute approximate surface area is 105 Å². The lowest BCUT2D eigenvalue weighted by molar-refractivity contribution is -0.117. The predicted molar refractivity (Wildman–Crippen MR) is 67.7 cm³/mol. The van der Waals surface area contributed by atoms with Crippen molar-refractivity contribution in [1.29, 1.82) is 0 Å². The third-order valence-electron chi connectivity index (χ3n) is 2.72. The van der Waals surface area contributed by atoms with Gasteiger partial charge in [0.15, 0.2) is 5.82 Å². The number of anilines is 1. The molecule has 0 fully saturated rings. The van der Waals surface area contributed by atoms with Gasteiger partial charge in [-0.25, -0.2) is 4.39 Å². The van der Waals surface area contributed by atoms with Gasteiger partial charge < -0.3 is 5.32 Å². The first kappa shape index (κ1) is 12.2. The molecule has 4 heteroatoms. The molecule has 1 amide bonds. The standard InChI is InChI=1S/C14H13FN2O/c1-10(11-5-3-2-4-6-11)14(18)17-13-7-8-16-9-12(13)15/h2-10H,1H3,(H,16,17,18)/t10-/m1/s1. The van der Waals surface area contributed by atoms with Crippen LogP contribution in [0.4, 0.5) is 10.1 Å². The van der Waals surface area contributed by atoms with Gasteiger partial charge in [0.2, 0.25) is 5.91 Å². The van der Waals surface area contributed by atoms with Crippen molar-refractivity contribution in [1.82, 2.24) is 4.98 Å². The maximum absolute atomic E-state index is 13.3. The average Bonchev–Trinajstić information content (AvgIpc) is 2.41. The van der Waals surface area contributed by atoms with Crippen LogP contribution in [0.2, 0.25) is 0 Å². The molecule has 0 saturated heterocycles. The number of rotatable bonds is 3. The van der Waals surface area contributed by atoms with Crippen LogP contribution in [0.25, 0.3) is 0 Å². The summed E-state index contributed by atoms with van der Waals surface area (Å²) in [5.41, 5.74) is 1.04. The number of aromatic nitrogens is 1. The summed E-state index contributed by atoms with van der Waals surface area (Å²) in [5.74, 6) is -1.11. The first-order valence-electron chi connectivity index (χ1n) is 5.64.